The highest BCUT2D eigenvalue weighted by Gasteiger charge is 2.08. The molecule has 0 aliphatic heterocycles. The average molecular weight is 317 g/mol. The normalized spacial score (nSPS) is 10.8. The molecule has 0 radical (unpaired) electrons. The number of fused-ring (bicyclic) bond motifs is 1. The lowest BCUT2D eigenvalue weighted by molar-refractivity contribution is 0.903. The van der Waals surface area contributed by atoms with Gasteiger partial charge in [-0.15, -0.1) is 0 Å². The highest BCUT2D eigenvalue weighted by Crippen LogP contribution is 2.27. The molecular formula is C17H14Cl2N2. The van der Waals surface area contributed by atoms with Crippen molar-refractivity contribution >= 4 is 39.9 Å². The van der Waals surface area contributed by atoms with E-state index in [-0.39, 0.29) is 0 Å². The largest absolute Gasteiger partial charge is 0.355 e. The molecular weight excluding hydrogens is 303 g/mol. The van der Waals surface area contributed by atoms with Crippen LogP contribution in [-0.4, -0.2) is 12.0 Å². The third kappa shape index (κ3) is 3.12. The fourth-order valence-electron chi connectivity index (χ4n) is 2.26. The van der Waals surface area contributed by atoms with Crippen LogP contribution >= 0.6 is 23.2 Å². The number of anilines is 1. The van der Waals surface area contributed by atoms with E-state index in [2.05, 4.69) is 9.88 Å². The van der Waals surface area contributed by atoms with Gasteiger partial charge >= 0.3 is 0 Å². The SMILES string of the molecule is CN(Cc1ccc(Cl)cc1)c1cc(Cl)c2ccccc2n1. The first-order valence-electron chi connectivity index (χ1n) is 6.64. The molecule has 2 nitrogen and oxygen atoms in total. The maximum absolute atomic E-state index is 6.35. The van der Waals surface area contributed by atoms with Crippen LogP contribution in [0.5, 0.6) is 0 Å². The van der Waals surface area contributed by atoms with Crippen molar-refractivity contribution in [2.45, 2.75) is 6.54 Å². The highest BCUT2D eigenvalue weighted by molar-refractivity contribution is 6.35. The molecule has 0 bridgehead atoms. The van der Waals surface area contributed by atoms with Crippen molar-refractivity contribution in [1.82, 2.24) is 4.98 Å². The van der Waals surface area contributed by atoms with Crippen LogP contribution in [0.2, 0.25) is 10.0 Å². The summed E-state index contributed by atoms with van der Waals surface area (Å²) in [4.78, 5) is 6.74. The minimum absolute atomic E-state index is 0.721. The first kappa shape index (κ1) is 14.2. The van der Waals surface area contributed by atoms with Gasteiger partial charge in [-0.05, 0) is 29.8 Å². The molecule has 0 spiro atoms. The summed E-state index contributed by atoms with van der Waals surface area (Å²) >= 11 is 12.3. The van der Waals surface area contributed by atoms with Crippen molar-refractivity contribution in [3.8, 4) is 0 Å². The Kier molecular flexibility index (Phi) is 4.00. The molecule has 0 N–H and O–H groups in total. The predicted octanol–water partition coefficient (Wildman–Crippen LogP) is 5.18. The number of pyridine rings is 1. The van der Waals surface area contributed by atoms with Crippen molar-refractivity contribution in [1.29, 1.82) is 0 Å². The first-order valence-corrected chi connectivity index (χ1v) is 7.40. The first-order chi connectivity index (χ1) is 10.1. The van der Waals surface area contributed by atoms with Gasteiger partial charge in [0.05, 0.1) is 10.5 Å². The van der Waals surface area contributed by atoms with Gasteiger partial charge < -0.3 is 4.90 Å². The topological polar surface area (TPSA) is 16.1 Å². The fourth-order valence-corrected chi connectivity index (χ4v) is 2.64. The number of hydrogen-bond acceptors (Lipinski definition) is 2. The number of hydrogen-bond donors (Lipinski definition) is 0. The van der Waals surface area contributed by atoms with Crippen LogP contribution in [0, 0.1) is 0 Å². The van der Waals surface area contributed by atoms with Crippen LogP contribution in [0.4, 0.5) is 5.82 Å². The molecule has 1 aromatic heterocycles. The van der Waals surface area contributed by atoms with E-state index in [1.807, 2.05) is 61.6 Å². The lowest BCUT2D eigenvalue weighted by Gasteiger charge is -2.19. The summed E-state index contributed by atoms with van der Waals surface area (Å²) in [5, 5.41) is 2.44. The number of nitrogens with zero attached hydrogens (tertiary/aromatic N) is 2. The molecule has 3 aromatic rings. The van der Waals surface area contributed by atoms with E-state index >= 15 is 0 Å². The Morgan fingerprint density at radius 3 is 2.48 bits per heavy atom. The minimum Gasteiger partial charge on any atom is -0.355 e. The van der Waals surface area contributed by atoms with Crippen molar-refractivity contribution in [2.24, 2.45) is 0 Å². The Morgan fingerprint density at radius 1 is 1.00 bits per heavy atom. The van der Waals surface area contributed by atoms with E-state index in [0.29, 0.717) is 0 Å². The van der Waals surface area contributed by atoms with Gasteiger partial charge in [0, 0.05) is 24.0 Å². The van der Waals surface area contributed by atoms with Crippen LogP contribution in [0.15, 0.2) is 54.6 Å². The van der Waals surface area contributed by atoms with Crippen LogP contribution in [-0.2, 0) is 6.54 Å². The number of aromatic nitrogens is 1. The molecule has 0 saturated heterocycles. The zero-order valence-corrected chi connectivity index (χ0v) is 13.1. The monoisotopic (exact) mass is 316 g/mol. The van der Waals surface area contributed by atoms with E-state index in [0.717, 1.165) is 33.3 Å². The summed E-state index contributed by atoms with van der Waals surface area (Å²) in [6, 6.07) is 17.6. The molecule has 0 aliphatic rings. The van der Waals surface area contributed by atoms with Crippen molar-refractivity contribution in [2.75, 3.05) is 11.9 Å². The summed E-state index contributed by atoms with van der Waals surface area (Å²) in [7, 11) is 2.00. The van der Waals surface area contributed by atoms with E-state index in [9.17, 15) is 0 Å². The Bertz CT molecular complexity index is 769. The molecule has 1 heterocycles. The van der Waals surface area contributed by atoms with Crippen molar-refractivity contribution < 1.29 is 0 Å². The van der Waals surface area contributed by atoms with Crippen LogP contribution < -0.4 is 4.90 Å². The smallest absolute Gasteiger partial charge is 0.130 e. The van der Waals surface area contributed by atoms with E-state index < -0.39 is 0 Å². The number of para-hydroxylation sites is 1. The fraction of sp³-hybridized carbons (Fsp3) is 0.118. The minimum atomic E-state index is 0.721. The van der Waals surface area contributed by atoms with Gasteiger partial charge in [-0.2, -0.15) is 0 Å². The van der Waals surface area contributed by atoms with Gasteiger partial charge in [-0.25, -0.2) is 4.98 Å². The zero-order chi connectivity index (χ0) is 14.8. The summed E-state index contributed by atoms with van der Waals surface area (Å²) in [6.07, 6.45) is 0. The Labute approximate surface area is 133 Å². The molecule has 0 atom stereocenters. The maximum Gasteiger partial charge on any atom is 0.130 e. The lowest BCUT2D eigenvalue weighted by Crippen LogP contribution is -2.17. The third-order valence-corrected chi connectivity index (χ3v) is 3.94. The highest BCUT2D eigenvalue weighted by atomic mass is 35.5. The predicted molar refractivity (Wildman–Crippen MR) is 90.3 cm³/mol. The van der Waals surface area contributed by atoms with Gasteiger partial charge in [-0.1, -0.05) is 53.5 Å². The van der Waals surface area contributed by atoms with Gasteiger partial charge in [0.2, 0.25) is 0 Å². The molecule has 0 amide bonds. The van der Waals surface area contributed by atoms with E-state index in [1.165, 1.54) is 5.56 Å². The second kappa shape index (κ2) is 5.92. The van der Waals surface area contributed by atoms with Crippen LogP contribution in [0.1, 0.15) is 5.56 Å². The molecule has 3 rings (SSSR count). The summed E-state index contributed by atoms with van der Waals surface area (Å²) < 4.78 is 0. The van der Waals surface area contributed by atoms with E-state index in [4.69, 9.17) is 23.2 Å². The molecule has 4 heteroatoms. The summed E-state index contributed by atoms with van der Waals surface area (Å²) in [5.41, 5.74) is 2.08. The maximum atomic E-state index is 6.35. The second-order valence-electron chi connectivity index (χ2n) is 4.96. The summed E-state index contributed by atoms with van der Waals surface area (Å²) in [5.74, 6) is 0.855. The summed E-state index contributed by atoms with van der Waals surface area (Å²) in [6.45, 7) is 0.749. The molecule has 0 fully saturated rings. The molecule has 0 unspecified atom stereocenters. The molecule has 21 heavy (non-hydrogen) atoms. The number of benzene rings is 2. The van der Waals surface area contributed by atoms with Gasteiger partial charge in [0.15, 0.2) is 0 Å². The van der Waals surface area contributed by atoms with Gasteiger partial charge in [0.25, 0.3) is 0 Å². The average Bonchev–Trinajstić information content (AvgIpc) is 2.49. The quantitative estimate of drug-likeness (QED) is 0.662. The molecule has 0 aliphatic carbocycles. The standard InChI is InChI=1S/C17H14Cl2N2/c1-21(11-12-6-8-13(18)9-7-12)17-10-15(19)14-4-2-3-5-16(14)20-17/h2-10H,11H2,1H3. The lowest BCUT2D eigenvalue weighted by atomic mass is 10.2. The molecule has 2 aromatic carbocycles. The van der Waals surface area contributed by atoms with Crippen LogP contribution in [0.25, 0.3) is 10.9 Å². The van der Waals surface area contributed by atoms with Crippen LogP contribution in [0.3, 0.4) is 0 Å². The van der Waals surface area contributed by atoms with Gasteiger partial charge in [0.1, 0.15) is 5.82 Å². The van der Waals surface area contributed by atoms with Gasteiger partial charge in [-0.3, -0.25) is 0 Å². The molecule has 0 saturated carbocycles. The Hall–Kier alpha value is -1.77. The second-order valence-corrected chi connectivity index (χ2v) is 5.81. The number of rotatable bonds is 3. The molecule has 106 valence electrons. The zero-order valence-electron chi connectivity index (χ0n) is 11.6. The number of halogens is 2. The van der Waals surface area contributed by atoms with Crippen molar-refractivity contribution in [3.05, 3.63) is 70.2 Å². The Morgan fingerprint density at radius 2 is 1.71 bits per heavy atom. The third-order valence-electron chi connectivity index (χ3n) is 3.38. The van der Waals surface area contributed by atoms with Crippen molar-refractivity contribution in [3.63, 3.8) is 0 Å². The van der Waals surface area contributed by atoms with E-state index in [1.54, 1.807) is 0 Å². The Balaban J connectivity index is 1.90.